The first-order chi connectivity index (χ1) is 6.66. The molecule has 0 nitrogen and oxygen atoms in total. The highest BCUT2D eigenvalue weighted by atomic mass is 19.1. The number of alkyl halides is 1. The molecule has 0 N–H and O–H groups in total. The molecule has 86 valence electrons. The molecule has 0 aliphatic heterocycles. The molecule has 0 radical (unpaired) electrons. The molecular weight excluding hydrogens is 175 g/mol. The summed E-state index contributed by atoms with van der Waals surface area (Å²) in [7, 11) is 0. The molecule has 0 saturated heterocycles. The molecule has 0 aromatic carbocycles. The molecule has 1 unspecified atom stereocenters. The largest absolute Gasteiger partial charge is 0.243 e. The Labute approximate surface area is 89.9 Å². The Hall–Kier alpha value is -0.590. The molecule has 14 heavy (non-hydrogen) atoms. The lowest BCUT2D eigenvalue weighted by atomic mass is 10.2. The highest BCUT2D eigenvalue weighted by Crippen LogP contribution is 1.99. The average Bonchev–Trinajstić information content (AvgIpc) is 2.21. The molecule has 0 aliphatic carbocycles. The third kappa shape index (κ3) is 22.5. The van der Waals surface area contributed by atoms with Gasteiger partial charge in [-0.1, -0.05) is 58.4 Å². The summed E-state index contributed by atoms with van der Waals surface area (Å²) in [5.74, 6) is 0. The summed E-state index contributed by atoms with van der Waals surface area (Å²) < 4.78 is 12.2. The predicted octanol–water partition coefficient (Wildman–Crippen LogP) is 5.31. The first-order valence-corrected chi connectivity index (χ1v) is 5.65. The van der Waals surface area contributed by atoms with Crippen LogP contribution in [0, 0.1) is 0 Å². The Morgan fingerprint density at radius 3 is 1.93 bits per heavy atom. The van der Waals surface area contributed by atoms with E-state index in [0.29, 0.717) is 0 Å². The van der Waals surface area contributed by atoms with Crippen molar-refractivity contribution >= 4 is 0 Å². The fourth-order valence-corrected chi connectivity index (χ4v) is 0.674. The highest BCUT2D eigenvalue weighted by Gasteiger charge is 1.86. The maximum Gasteiger partial charge on any atom is 0.116 e. The molecule has 0 aromatic rings. The van der Waals surface area contributed by atoms with Gasteiger partial charge >= 0.3 is 0 Å². The average molecular weight is 202 g/mol. The van der Waals surface area contributed by atoms with E-state index in [4.69, 9.17) is 0 Å². The SMILES string of the molecule is CC.CC.CC/C=C(C)\C=C/C(C)F. The van der Waals surface area contributed by atoms with E-state index in [0.717, 1.165) is 12.0 Å². The van der Waals surface area contributed by atoms with Crippen molar-refractivity contribution in [1.82, 2.24) is 0 Å². The highest BCUT2D eigenvalue weighted by molar-refractivity contribution is 5.16. The fourth-order valence-electron chi connectivity index (χ4n) is 0.674. The summed E-state index contributed by atoms with van der Waals surface area (Å²) in [6.07, 6.45) is 5.62. The van der Waals surface area contributed by atoms with E-state index in [2.05, 4.69) is 13.0 Å². The molecular formula is C13H27F. The van der Waals surface area contributed by atoms with Crippen LogP contribution in [-0.4, -0.2) is 6.17 Å². The van der Waals surface area contributed by atoms with Crippen LogP contribution in [0.4, 0.5) is 4.39 Å². The number of rotatable bonds is 3. The van der Waals surface area contributed by atoms with Crippen molar-refractivity contribution in [3.05, 3.63) is 23.8 Å². The van der Waals surface area contributed by atoms with E-state index in [1.54, 1.807) is 6.08 Å². The molecule has 1 atom stereocenters. The topological polar surface area (TPSA) is 0 Å². The van der Waals surface area contributed by atoms with E-state index in [-0.39, 0.29) is 0 Å². The van der Waals surface area contributed by atoms with Gasteiger partial charge in [-0.05, 0) is 20.3 Å². The van der Waals surface area contributed by atoms with E-state index >= 15 is 0 Å². The van der Waals surface area contributed by atoms with Crippen LogP contribution in [0.15, 0.2) is 23.8 Å². The minimum atomic E-state index is -0.833. The van der Waals surface area contributed by atoms with Crippen LogP contribution in [-0.2, 0) is 0 Å². The zero-order valence-corrected chi connectivity index (χ0v) is 10.9. The van der Waals surface area contributed by atoms with Crippen LogP contribution in [0.5, 0.6) is 0 Å². The summed E-state index contributed by atoms with van der Waals surface area (Å²) in [5, 5.41) is 0. The first kappa shape index (κ1) is 19.1. The summed E-state index contributed by atoms with van der Waals surface area (Å²) in [6, 6.07) is 0. The van der Waals surface area contributed by atoms with Crippen LogP contribution in [0.2, 0.25) is 0 Å². The lowest BCUT2D eigenvalue weighted by Crippen LogP contribution is -1.82. The number of hydrogen-bond acceptors (Lipinski definition) is 0. The second kappa shape index (κ2) is 18.2. The Morgan fingerprint density at radius 1 is 1.21 bits per heavy atom. The lowest BCUT2D eigenvalue weighted by molar-refractivity contribution is 0.430. The van der Waals surface area contributed by atoms with Crippen LogP contribution >= 0.6 is 0 Å². The van der Waals surface area contributed by atoms with Crippen LogP contribution in [0.3, 0.4) is 0 Å². The quantitative estimate of drug-likeness (QED) is 0.544. The van der Waals surface area contributed by atoms with Gasteiger partial charge in [0.25, 0.3) is 0 Å². The van der Waals surface area contributed by atoms with Gasteiger partial charge in [0.15, 0.2) is 0 Å². The molecule has 0 amide bonds. The Kier molecular flexibility index (Phi) is 24.8. The number of hydrogen-bond donors (Lipinski definition) is 0. The van der Waals surface area contributed by atoms with Gasteiger partial charge in [-0.15, -0.1) is 0 Å². The van der Waals surface area contributed by atoms with Crippen molar-refractivity contribution in [1.29, 1.82) is 0 Å². The van der Waals surface area contributed by atoms with Crippen molar-refractivity contribution in [2.75, 3.05) is 0 Å². The Morgan fingerprint density at radius 2 is 1.64 bits per heavy atom. The molecule has 0 bridgehead atoms. The smallest absolute Gasteiger partial charge is 0.116 e. The minimum absolute atomic E-state index is 0.833. The van der Waals surface area contributed by atoms with Gasteiger partial charge in [0.1, 0.15) is 6.17 Å². The Bertz CT molecular complexity index is 132. The minimum Gasteiger partial charge on any atom is -0.243 e. The predicted molar refractivity (Wildman–Crippen MR) is 66.5 cm³/mol. The molecule has 0 aromatic heterocycles. The summed E-state index contributed by atoms with van der Waals surface area (Å²) in [5.41, 5.74) is 1.13. The number of allylic oxidation sites excluding steroid dienone is 4. The summed E-state index contributed by atoms with van der Waals surface area (Å²) in [6.45, 7) is 13.6. The third-order valence-corrected chi connectivity index (χ3v) is 1.15. The van der Waals surface area contributed by atoms with Crippen molar-refractivity contribution in [2.24, 2.45) is 0 Å². The van der Waals surface area contributed by atoms with E-state index in [1.165, 1.54) is 6.92 Å². The van der Waals surface area contributed by atoms with Crippen molar-refractivity contribution in [3.63, 3.8) is 0 Å². The van der Waals surface area contributed by atoms with Gasteiger partial charge in [0, 0.05) is 0 Å². The normalized spacial score (nSPS) is 12.4. The second-order valence-electron chi connectivity index (χ2n) is 2.39. The molecule has 0 saturated carbocycles. The lowest BCUT2D eigenvalue weighted by Gasteiger charge is -1.91. The zero-order valence-electron chi connectivity index (χ0n) is 10.9. The van der Waals surface area contributed by atoms with Gasteiger partial charge in [-0.2, -0.15) is 0 Å². The zero-order chi connectivity index (χ0) is 12.0. The van der Waals surface area contributed by atoms with E-state index in [1.807, 2.05) is 40.7 Å². The molecule has 1 heteroatoms. The molecule has 0 heterocycles. The summed E-state index contributed by atoms with van der Waals surface area (Å²) in [4.78, 5) is 0. The number of halogens is 1. The van der Waals surface area contributed by atoms with Crippen LogP contribution in [0.25, 0.3) is 0 Å². The van der Waals surface area contributed by atoms with Crippen molar-refractivity contribution in [3.8, 4) is 0 Å². The monoisotopic (exact) mass is 202 g/mol. The van der Waals surface area contributed by atoms with Crippen LogP contribution in [0.1, 0.15) is 54.9 Å². The van der Waals surface area contributed by atoms with Crippen LogP contribution < -0.4 is 0 Å². The van der Waals surface area contributed by atoms with Crippen molar-refractivity contribution in [2.45, 2.75) is 61.1 Å². The molecule has 0 fully saturated rings. The fraction of sp³-hybridized carbons (Fsp3) is 0.692. The maximum atomic E-state index is 12.2. The first-order valence-electron chi connectivity index (χ1n) is 5.65. The third-order valence-electron chi connectivity index (χ3n) is 1.15. The van der Waals surface area contributed by atoms with Gasteiger partial charge in [0.05, 0.1) is 0 Å². The van der Waals surface area contributed by atoms with E-state index < -0.39 is 6.17 Å². The molecule has 0 spiro atoms. The second-order valence-corrected chi connectivity index (χ2v) is 2.39. The van der Waals surface area contributed by atoms with Gasteiger partial charge < -0.3 is 0 Å². The summed E-state index contributed by atoms with van der Waals surface area (Å²) >= 11 is 0. The van der Waals surface area contributed by atoms with Crippen molar-refractivity contribution < 1.29 is 4.39 Å². The molecule has 0 aliphatic rings. The Balaban J connectivity index is -0.000000266. The van der Waals surface area contributed by atoms with Gasteiger partial charge in [0.2, 0.25) is 0 Å². The maximum absolute atomic E-state index is 12.2. The van der Waals surface area contributed by atoms with Gasteiger partial charge in [-0.25, -0.2) is 4.39 Å². The molecule has 0 rings (SSSR count). The van der Waals surface area contributed by atoms with Gasteiger partial charge in [-0.3, -0.25) is 0 Å². The van der Waals surface area contributed by atoms with E-state index in [9.17, 15) is 4.39 Å². The standard InChI is InChI=1S/C9H15F.2C2H6/c1-4-5-8(2)6-7-9(3)10;2*1-2/h5-7,9H,4H2,1-3H3;2*1-2H3/b7-6-,8-5-;;.